The first kappa shape index (κ1) is 16.9. The van der Waals surface area contributed by atoms with Gasteiger partial charge < -0.3 is 5.32 Å². The summed E-state index contributed by atoms with van der Waals surface area (Å²) in [5, 5.41) is 9.88. The summed E-state index contributed by atoms with van der Waals surface area (Å²) in [7, 11) is -0.841. The second kappa shape index (κ2) is 7.75. The molecular weight excluding hydrogens is 322 g/mol. The second-order valence-electron chi connectivity index (χ2n) is 6.38. The van der Waals surface area contributed by atoms with Crippen LogP contribution in [0.5, 0.6) is 0 Å². The van der Waals surface area contributed by atoms with E-state index in [1.807, 2.05) is 31.2 Å². The fourth-order valence-electron chi connectivity index (χ4n) is 3.08. The van der Waals surface area contributed by atoms with Crippen molar-refractivity contribution in [2.24, 2.45) is 0 Å². The van der Waals surface area contributed by atoms with Crippen LogP contribution in [-0.4, -0.2) is 25.6 Å². The fraction of sp³-hybridized carbons (Fsp3) is 0.444. The third kappa shape index (κ3) is 4.32. The molecule has 24 heavy (non-hydrogen) atoms. The summed E-state index contributed by atoms with van der Waals surface area (Å²) in [5.74, 6) is 0.306. The summed E-state index contributed by atoms with van der Waals surface area (Å²) >= 11 is 0. The Balaban J connectivity index is 1.63. The number of aromatic amines is 1. The number of aromatic nitrogens is 2. The third-order valence-electron chi connectivity index (χ3n) is 4.36. The zero-order valence-electron chi connectivity index (χ0n) is 13.9. The average molecular weight is 345 g/mol. The van der Waals surface area contributed by atoms with E-state index in [0.717, 1.165) is 24.1 Å². The number of nitrogens with one attached hydrogen (secondary N) is 2. The molecule has 2 N–H and O–H groups in total. The molecule has 1 fully saturated rings. The number of benzene rings is 1. The number of carbonyl (C=O) groups is 1. The van der Waals surface area contributed by atoms with Crippen molar-refractivity contribution >= 4 is 22.4 Å². The highest BCUT2D eigenvalue weighted by atomic mass is 32.2. The molecule has 1 saturated carbocycles. The van der Waals surface area contributed by atoms with Crippen molar-refractivity contribution in [1.82, 2.24) is 10.2 Å². The Morgan fingerprint density at radius 1 is 1.29 bits per heavy atom. The standard InChI is InChI=1S/C18H23N3O2S/c1-13-10-17(21-20-13)18(22)19-15-7-5-6-14(11-15)12-24(23)16-8-3-2-4-9-16/h5-7,10-11,16H,2-4,8-9,12H2,1H3,(H,19,22)(H,20,21)/t24-/m1/s1. The molecule has 1 heterocycles. The van der Waals surface area contributed by atoms with Gasteiger partial charge in [-0.3, -0.25) is 14.1 Å². The number of carbonyl (C=O) groups excluding carboxylic acids is 1. The summed E-state index contributed by atoms with van der Waals surface area (Å²) in [6.07, 6.45) is 5.79. The van der Waals surface area contributed by atoms with E-state index in [1.54, 1.807) is 6.07 Å². The number of rotatable bonds is 5. The van der Waals surface area contributed by atoms with Crippen LogP contribution in [-0.2, 0) is 16.6 Å². The lowest BCUT2D eigenvalue weighted by Crippen LogP contribution is -2.20. The molecule has 0 aliphatic heterocycles. The molecule has 1 amide bonds. The molecule has 6 heteroatoms. The number of anilines is 1. The predicted molar refractivity (Wildman–Crippen MR) is 96.4 cm³/mol. The summed E-state index contributed by atoms with van der Waals surface area (Å²) in [6.45, 7) is 1.85. The number of hydrogen-bond acceptors (Lipinski definition) is 3. The van der Waals surface area contributed by atoms with E-state index in [1.165, 1.54) is 19.3 Å². The van der Waals surface area contributed by atoms with Crippen LogP contribution in [0.4, 0.5) is 5.69 Å². The summed E-state index contributed by atoms with van der Waals surface area (Å²) in [5.41, 5.74) is 2.91. The van der Waals surface area contributed by atoms with Gasteiger partial charge in [0.05, 0.1) is 0 Å². The molecule has 0 radical (unpaired) electrons. The highest BCUT2D eigenvalue weighted by molar-refractivity contribution is 7.84. The molecule has 1 aromatic carbocycles. The zero-order chi connectivity index (χ0) is 16.9. The van der Waals surface area contributed by atoms with E-state index in [4.69, 9.17) is 0 Å². The van der Waals surface area contributed by atoms with Crippen LogP contribution < -0.4 is 5.32 Å². The summed E-state index contributed by atoms with van der Waals surface area (Å²) in [6, 6.07) is 9.30. The van der Waals surface area contributed by atoms with E-state index in [-0.39, 0.29) is 5.91 Å². The van der Waals surface area contributed by atoms with E-state index in [2.05, 4.69) is 15.5 Å². The van der Waals surface area contributed by atoms with Gasteiger partial charge >= 0.3 is 0 Å². The van der Waals surface area contributed by atoms with Gasteiger partial charge in [-0.15, -0.1) is 0 Å². The number of nitrogens with zero attached hydrogens (tertiary/aromatic N) is 1. The first-order valence-corrected chi connectivity index (χ1v) is 9.79. The topological polar surface area (TPSA) is 74.8 Å². The largest absolute Gasteiger partial charge is 0.321 e. The minimum Gasteiger partial charge on any atom is -0.321 e. The maximum atomic E-state index is 12.5. The quantitative estimate of drug-likeness (QED) is 0.870. The van der Waals surface area contributed by atoms with Crippen molar-refractivity contribution < 1.29 is 9.00 Å². The first-order chi connectivity index (χ1) is 11.6. The van der Waals surface area contributed by atoms with E-state index in [0.29, 0.717) is 22.4 Å². The van der Waals surface area contributed by atoms with Crippen LogP contribution in [0.2, 0.25) is 0 Å². The average Bonchev–Trinajstić information content (AvgIpc) is 3.02. The molecule has 5 nitrogen and oxygen atoms in total. The maximum absolute atomic E-state index is 12.5. The van der Waals surface area contributed by atoms with Gasteiger partial charge in [0.1, 0.15) is 0 Å². The lowest BCUT2D eigenvalue weighted by molar-refractivity contribution is 0.102. The van der Waals surface area contributed by atoms with Crippen molar-refractivity contribution in [2.75, 3.05) is 5.32 Å². The lowest BCUT2D eigenvalue weighted by atomic mass is 10.0. The molecule has 1 aliphatic carbocycles. The molecule has 3 rings (SSSR count). The van der Waals surface area contributed by atoms with Crippen molar-refractivity contribution in [3.05, 3.63) is 47.3 Å². The first-order valence-electron chi connectivity index (χ1n) is 8.41. The van der Waals surface area contributed by atoms with Gasteiger partial charge in [0.25, 0.3) is 5.91 Å². The highest BCUT2D eigenvalue weighted by Crippen LogP contribution is 2.24. The SMILES string of the molecule is Cc1cc(C(=O)Nc2cccc(C[S@@](=O)C3CCCCC3)c2)n[nH]1. The summed E-state index contributed by atoms with van der Waals surface area (Å²) < 4.78 is 12.5. The van der Waals surface area contributed by atoms with Gasteiger partial charge in [0.15, 0.2) is 5.69 Å². The Morgan fingerprint density at radius 3 is 2.79 bits per heavy atom. The van der Waals surface area contributed by atoms with Crippen LogP contribution in [0.1, 0.15) is 53.8 Å². The fourth-order valence-corrected chi connectivity index (χ4v) is 4.68. The Hall–Kier alpha value is -1.95. The minimum absolute atomic E-state index is 0.245. The maximum Gasteiger partial charge on any atom is 0.276 e. The van der Waals surface area contributed by atoms with Crippen LogP contribution >= 0.6 is 0 Å². The van der Waals surface area contributed by atoms with Gasteiger partial charge in [-0.05, 0) is 43.5 Å². The van der Waals surface area contributed by atoms with Crippen LogP contribution in [0.3, 0.4) is 0 Å². The molecule has 0 spiro atoms. The van der Waals surface area contributed by atoms with Crippen LogP contribution in [0, 0.1) is 6.92 Å². The molecular formula is C18H23N3O2S. The Morgan fingerprint density at radius 2 is 2.08 bits per heavy atom. The third-order valence-corrected chi connectivity index (χ3v) is 6.19. The number of aryl methyl sites for hydroxylation is 1. The van der Waals surface area contributed by atoms with Gasteiger partial charge in [0, 0.05) is 33.2 Å². The molecule has 1 aromatic heterocycles. The Labute approximate surface area is 144 Å². The second-order valence-corrected chi connectivity index (χ2v) is 8.09. The highest BCUT2D eigenvalue weighted by Gasteiger charge is 2.20. The molecule has 0 bridgehead atoms. The normalized spacial score (nSPS) is 16.7. The molecule has 128 valence electrons. The zero-order valence-corrected chi connectivity index (χ0v) is 14.7. The van der Waals surface area contributed by atoms with Gasteiger partial charge in [0.2, 0.25) is 0 Å². The van der Waals surface area contributed by atoms with E-state index in [9.17, 15) is 9.00 Å². The number of amides is 1. The van der Waals surface area contributed by atoms with Gasteiger partial charge in [-0.1, -0.05) is 31.4 Å². The number of H-pyrrole nitrogens is 1. The van der Waals surface area contributed by atoms with Gasteiger partial charge in [-0.2, -0.15) is 5.10 Å². The van der Waals surface area contributed by atoms with E-state index >= 15 is 0 Å². The van der Waals surface area contributed by atoms with Crippen molar-refractivity contribution in [1.29, 1.82) is 0 Å². The van der Waals surface area contributed by atoms with Crippen LogP contribution in [0.15, 0.2) is 30.3 Å². The van der Waals surface area contributed by atoms with Crippen molar-refractivity contribution in [3.63, 3.8) is 0 Å². The van der Waals surface area contributed by atoms with Crippen LogP contribution in [0.25, 0.3) is 0 Å². The Bertz CT molecular complexity index is 735. The Kier molecular flexibility index (Phi) is 5.45. The number of hydrogen-bond donors (Lipinski definition) is 2. The smallest absolute Gasteiger partial charge is 0.276 e. The van der Waals surface area contributed by atoms with Crippen molar-refractivity contribution in [3.8, 4) is 0 Å². The molecule has 1 atom stereocenters. The summed E-state index contributed by atoms with van der Waals surface area (Å²) in [4.78, 5) is 12.2. The van der Waals surface area contributed by atoms with E-state index < -0.39 is 10.8 Å². The molecule has 0 unspecified atom stereocenters. The molecule has 2 aromatic rings. The minimum atomic E-state index is -0.841. The molecule has 0 saturated heterocycles. The molecule has 1 aliphatic rings. The predicted octanol–water partition coefficient (Wildman–Crippen LogP) is 3.55. The lowest BCUT2D eigenvalue weighted by Gasteiger charge is -2.21. The van der Waals surface area contributed by atoms with Gasteiger partial charge in [-0.25, -0.2) is 0 Å². The monoisotopic (exact) mass is 345 g/mol. The van der Waals surface area contributed by atoms with Crippen molar-refractivity contribution in [2.45, 2.75) is 50.0 Å².